The Morgan fingerprint density at radius 1 is 0.833 bits per heavy atom. The van der Waals surface area contributed by atoms with Crippen LogP contribution in [0.25, 0.3) is 0 Å². The SMILES string of the molecule is Fc1[c-]c(F)c(F)c(C(F)(F)F)c1F.[C-]#[O+].[C-]#[O+].[Fe+6].c1cc[cH-]c1. The van der Waals surface area contributed by atoms with E-state index < -0.39 is 35.0 Å². The van der Waals surface area contributed by atoms with Gasteiger partial charge in [-0.1, -0.05) is 0 Å². The fourth-order valence-corrected chi connectivity index (χ4v) is 1.09. The Hall–Kier alpha value is -1.92. The Balaban J connectivity index is -0.000000368. The number of alkyl halides is 3. The topological polar surface area (TPSA) is 39.8 Å². The van der Waals surface area contributed by atoms with Gasteiger partial charge in [-0.2, -0.15) is 31.4 Å². The molecule has 0 bridgehead atoms. The van der Waals surface area contributed by atoms with Crippen LogP contribution in [0.1, 0.15) is 5.56 Å². The first-order valence-electron chi connectivity index (χ1n) is 5.15. The van der Waals surface area contributed by atoms with Crippen molar-refractivity contribution in [1.29, 1.82) is 0 Å². The molecule has 0 N–H and O–H groups in total. The quantitative estimate of drug-likeness (QED) is 0.209. The minimum atomic E-state index is -5.50. The van der Waals surface area contributed by atoms with E-state index in [0.717, 1.165) is 6.07 Å². The summed E-state index contributed by atoms with van der Waals surface area (Å²) in [7, 11) is 0. The predicted octanol–water partition coefficient (Wildman–Crippen LogP) is 4.39. The largest absolute Gasteiger partial charge is 6.00 e. The van der Waals surface area contributed by atoms with E-state index in [4.69, 9.17) is 9.30 Å². The van der Waals surface area contributed by atoms with Gasteiger partial charge in [0.05, 0.1) is 11.6 Å². The molecule has 2 aromatic carbocycles. The molecule has 0 aliphatic heterocycles. The maximum Gasteiger partial charge on any atom is 6.00 e. The van der Waals surface area contributed by atoms with Crippen LogP contribution in [0.15, 0.2) is 30.3 Å². The van der Waals surface area contributed by atoms with Gasteiger partial charge in [-0.15, -0.1) is 6.07 Å². The zero-order chi connectivity index (χ0) is 18.6. The molecule has 0 spiro atoms. The van der Waals surface area contributed by atoms with Crippen LogP contribution in [0.4, 0.5) is 30.7 Å². The van der Waals surface area contributed by atoms with Gasteiger partial charge >= 0.3 is 45.9 Å². The second-order valence-electron chi connectivity index (χ2n) is 3.22. The molecule has 0 amide bonds. The van der Waals surface area contributed by atoms with Crippen LogP contribution < -0.4 is 0 Å². The predicted molar refractivity (Wildman–Crippen MR) is 60.0 cm³/mol. The summed E-state index contributed by atoms with van der Waals surface area (Å²) in [6.07, 6.45) is -5.50. The molecule has 0 aliphatic rings. The number of hydrogen-bond acceptors (Lipinski definition) is 0. The van der Waals surface area contributed by atoms with Crippen molar-refractivity contribution >= 4 is 0 Å². The van der Waals surface area contributed by atoms with Gasteiger partial charge in [-0.25, -0.2) is 20.9 Å². The Bertz CT molecular complexity index is 570. The molecule has 126 valence electrons. The van der Waals surface area contributed by atoms with Crippen molar-refractivity contribution in [2.24, 2.45) is 0 Å². The first-order chi connectivity index (χ1) is 10.7. The first-order valence-corrected chi connectivity index (χ1v) is 5.15. The third kappa shape index (κ3) is 8.64. The molecule has 0 aliphatic carbocycles. The smallest absolute Gasteiger partial charge is 0.214 e. The fourth-order valence-electron chi connectivity index (χ4n) is 1.09. The molecule has 0 aromatic heterocycles. The van der Waals surface area contributed by atoms with Crippen molar-refractivity contribution in [2.45, 2.75) is 6.18 Å². The second kappa shape index (κ2) is 13.5. The standard InChI is InChI=1S/C7F7.C5H5.2CO.Fe/c8-2-1-3(9)6(11)4(5(2)10)7(12,13)14;1-2-4-5-3-1;2*1-2;/h;1-5H;;;/q2*-1;;;+6. The van der Waals surface area contributed by atoms with Crippen LogP contribution in [0.5, 0.6) is 0 Å². The van der Waals surface area contributed by atoms with Gasteiger partial charge in [0.1, 0.15) is 0 Å². The van der Waals surface area contributed by atoms with Crippen LogP contribution in [0, 0.1) is 42.6 Å². The van der Waals surface area contributed by atoms with Gasteiger partial charge < -0.3 is 0 Å². The van der Waals surface area contributed by atoms with E-state index in [0.29, 0.717) is 0 Å². The van der Waals surface area contributed by atoms with Crippen molar-refractivity contribution in [3.8, 4) is 0 Å². The minimum Gasteiger partial charge on any atom is -0.214 e. The maximum absolute atomic E-state index is 12.4. The minimum absolute atomic E-state index is 0. The molecule has 0 fully saturated rings. The summed E-state index contributed by atoms with van der Waals surface area (Å²) in [6, 6.07) is 10.8. The molecule has 0 unspecified atom stereocenters. The van der Waals surface area contributed by atoms with E-state index in [1.54, 1.807) is 0 Å². The van der Waals surface area contributed by atoms with E-state index in [9.17, 15) is 30.7 Å². The van der Waals surface area contributed by atoms with Gasteiger partial charge in [0.25, 0.3) is 0 Å². The normalized spacial score (nSPS) is 8.79. The Morgan fingerprint density at radius 2 is 1.17 bits per heavy atom. The average Bonchev–Trinajstić information content (AvgIpc) is 3.08. The van der Waals surface area contributed by atoms with Crippen molar-refractivity contribution in [1.82, 2.24) is 0 Å². The average molecular weight is 394 g/mol. The molecule has 10 heteroatoms. The molecule has 2 rings (SSSR count). The summed E-state index contributed by atoms with van der Waals surface area (Å²) in [5, 5.41) is 0. The Labute approximate surface area is 142 Å². The zero-order valence-electron chi connectivity index (χ0n) is 11.2. The maximum atomic E-state index is 12.4. The number of hydrogen-bond donors (Lipinski definition) is 0. The van der Waals surface area contributed by atoms with Crippen LogP contribution >= 0.6 is 0 Å². The zero-order valence-corrected chi connectivity index (χ0v) is 12.3. The van der Waals surface area contributed by atoms with Crippen molar-refractivity contribution in [2.75, 3.05) is 0 Å². The van der Waals surface area contributed by atoms with E-state index >= 15 is 0 Å². The summed E-state index contributed by atoms with van der Waals surface area (Å²) in [5.41, 5.74) is -2.59. The summed E-state index contributed by atoms with van der Waals surface area (Å²) in [5.74, 6) is -9.43. The van der Waals surface area contributed by atoms with Crippen molar-refractivity contribution in [3.05, 3.63) is 78.5 Å². The van der Waals surface area contributed by atoms with Crippen LogP contribution in [-0.4, -0.2) is 0 Å². The Kier molecular flexibility index (Phi) is 15.2. The molecule has 24 heavy (non-hydrogen) atoms. The van der Waals surface area contributed by atoms with E-state index in [-0.39, 0.29) is 17.1 Å². The molecule has 0 radical (unpaired) electrons. The van der Waals surface area contributed by atoms with Gasteiger partial charge in [0.2, 0.25) is 0 Å². The van der Waals surface area contributed by atoms with Gasteiger partial charge in [-0.05, 0) is 0 Å². The fraction of sp³-hybridized carbons (Fsp3) is 0.0714. The number of halogens is 7. The van der Waals surface area contributed by atoms with Gasteiger partial charge in [0.15, 0.2) is 0 Å². The molecule has 0 saturated heterocycles. The molecule has 2 aromatic rings. The first kappa shape index (κ1) is 27.0. The van der Waals surface area contributed by atoms with Gasteiger partial charge in [0, 0.05) is 17.2 Å². The third-order valence-electron chi connectivity index (χ3n) is 1.88. The summed E-state index contributed by atoms with van der Waals surface area (Å²) in [4.78, 5) is 0. The Morgan fingerprint density at radius 3 is 1.38 bits per heavy atom. The molecular formula is C14H5F7FeO2+4. The molecule has 2 nitrogen and oxygen atoms in total. The number of rotatable bonds is 0. The van der Waals surface area contributed by atoms with E-state index in [1.807, 2.05) is 30.3 Å². The molecule has 0 saturated carbocycles. The summed E-state index contributed by atoms with van der Waals surface area (Å²) in [6.45, 7) is 9.00. The van der Waals surface area contributed by atoms with Crippen molar-refractivity contribution in [3.63, 3.8) is 0 Å². The van der Waals surface area contributed by atoms with Gasteiger partial charge in [-0.3, -0.25) is 8.78 Å². The summed E-state index contributed by atoms with van der Waals surface area (Å²) < 4.78 is 99.8. The monoisotopic (exact) mass is 394 g/mol. The molecule has 0 heterocycles. The summed E-state index contributed by atoms with van der Waals surface area (Å²) >= 11 is 0. The van der Waals surface area contributed by atoms with Crippen LogP contribution in [0.2, 0.25) is 0 Å². The van der Waals surface area contributed by atoms with Crippen LogP contribution in [0.3, 0.4) is 0 Å². The second-order valence-corrected chi connectivity index (χ2v) is 3.22. The molecular weight excluding hydrogens is 389 g/mol. The number of benzene rings is 1. The van der Waals surface area contributed by atoms with Crippen LogP contribution in [-0.2, 0) is 32.5 Å². The van der Waals surface area contributed by atoms with E-state index in [1.165, 1.54) is 0 Å². The third-order valence-corrected chi connectivity index (χ3v) is 1.88. The van der Waals surface area contributed by atoms with Crippen molar-refractivity contribution < 1.29 is 57.1 Å². The molecule has 0 atom stereocenters. The van der Waals surface area contributed by atoms with E-state index in [2.05, 4.69) is 13.3 Å².